The van der Waals surface area contributed by atoms with E-state index in [0.717, 1.165) is 56.5 Å². The van der Waals surface area contributed by atoms with Crippen molar-refractivity contribution >= 4 is 29.9 Å². The van der Waals surface area contributed by atoms with Crippen LogP contribution in [0.5, 0.6) is 11.5 Å². The first kappa shape index (κ1) is 23.8. The molecule has 0 radical (unpaired) electrons. The molecule has 0 saturated carbocycles. The summed E-state index contributed by atoms with van der Waals surface area (Å²) in [6.45, 7) is 7.84. The summed E-state index contributed by atoms with van der Waals surface area (Å²) in [6, 6.07) is 6.03. The maximum absolute atomic E-state index is 5.33. The second-order valence-electron chi connectivity index (χ2n) is 5.18. The quantitative estimate of drug-likeness (QED) is 0.228. The molecule has 0 unspecified atom stereocenters. The van der Waals surface area contributed by atoms with Crippen LogP contribution in [0.25, 0.3) is 0 Å². The average molecular weight is 465 g/mol. The van der Waals surface area contributed by atoms with E-state index < -0.39 is 0 Å². The van der Waals surface area contributed by atoms with Crippen molar-refractivity contribution in [3.63, 3.8) is 0 Å². The molecule has 144 valence electrons. The molecule has 1 aromatic carbocycles. The van der Waals surface area contributed by atoms with Gasteiger partial charge in [0.1, 0.15) is 0 Å². The minimum Gasteiger partial charge on any atom is -0.493 e. The Morgan fingerprint density at radius 3 is 2.48 bits per heavy atom. The molecule has 0 aliphatic carbocycles. The van der Waals surface area contributed by atoms with E-state index in [2.05, 4.69) is 28.6 Å². The number of halogens is 1. The highest BCUT2D eigenvalue weighted by Gasteiger charge is 2.04. The van der Waals surface area contributed by atoms with Crippen molar-refractivity contribution in [3.8, 4) is 11.5 Å². The number of nitrogens with one attached hydrogen (secondary N) is 2. The topological polar surface area (TPSA) is 64.1 Å². The smallest absolute Gasteiger partial charge is 0.191 e. The van der Waals surface area contributed by atoms with Gasteiger partial charge in [-0.3, -0.25) is 4.99 Å². The third-order valence-corrected chi connectivity index (χ3v) is 3.43. The van der Waals surface area contributed by atoms with Gasteiger partial charge in [0.05, 0.1) is 20.8 Å². The predicted molar refractivity (Wildman–Crippen MR) is 114 cm³/mol. The number of hydrogen-bond donors (Lipinski definition) is 2. The number of methoxy groups -OCH3 is 2. The molecule has 0 spiro atoms. The lowest BCUT2D eigenvalue weighted by Gasteiger charge is -2.11. The van der Waals surface area contributed by atoms with Crippen LogP contribution in [0.1, 0.15) is 25.8 Å². The van der Waals surface area contributed by atoms with Crippen LogP contribution in [-0.4, -0.2) is 53.0 Å². The SMILES string of the molecule is CCNC(=NCCCc1ccc(OC)c(OC)c1)NCCOCC.I. The Morgan fingerprint density at radius 1 is 1.08 bits per heavy atom. The number of ether oxygens (including phenoxy) is 3. The van der Waals surface area contributed by atoms with Crippen molar-refractivity contribution in [2.24, 2.45) is 4.99 Å². The van der Waals surface area contributed by atoms with Crippen LogP contribution in [0.15, 0.2) is 23.2 Å². The molecule has 2 N–H and O–H groups in total. The number of hydrogen-bond acceptors (Lipinski definition) is 4. The average Bonchev–Trinajstić information content (AvgIpc) is 2.61. The summed E-state index contributed by atoms with van der Waals surface area (Å²) in [5, 5.41) is 6.50. The first-order valence-electron chi connectivity index (χ1n) is 8.55. The summed E-state index contributed by atoms with van der Waals surface area (Å²) in [6.07, 6.45) is 1.92. The minimum atomic E-state index is 0. The van der Waals surface area contributed by atoms with Gasteiger partial charge in [0.15, 0.2) is 17.5 Å². The number of nitrogens with zero attached hydrogens (tertiary/aromatic N) is 1. The van der Waals surface area contributed by atoms with Crippen LogP contribution in [0.3, 0.4) is 0 Å². The second-order valence-corrected chi connectivity index (χ2v) is 5.18. The normalized spacial score (nSPS) is 10.8. The van der Waals surface area contributed by atoms with E-state index in [1.807, 2.05) is 19.1 Å². The zero-order valence-electron chi connectivity index (χ0n) is 15.8. The summed E-state index contributed by atoms with van der Waals surface area (Å²) in [4.78, 5) is 4.59. The summed E-state index contributed by atoms with van der Waals surface area (Å²) < 4.78 is 15.9. The second kappa shape index (κ2) is 15.1. The van der Waals surface area contributed by atoms with Crippen LogP contribution in [0.2, 0.25) is 0 Å². The first-order valence-corrected chi connectivity index (χ1v) is 8.55. The summed E-state index contributed by atoms with van der Waals surface area (Å²) in [5.74, 6) is 2.36. The van der Waals surface area contributed by atoms with Gasteiger partial charge in [-0.25, -0.2) is 0 Å². The van der Waals surface area contributed by atoms with Crippen LogP contribution < -0.4 is 20.1 Å². The molecular formula is C18H32IN3O3. The molecule has 0 amide bonds. The number of guanidine groups is 1. The van der Waals surface area contributed by atoms with Crippen LogP contribution in [-0.2, 0) is 11.2 Å². The first-order chi connectivity index (χ1) is 11.7. The lowest BCUT2D eigenvalue weighted by molar-refractivity contribution is 0.152. The van der Waals surface area contributed by atoms with Gasteiger partial charge >= 0.3 is 0 Å². The highest BCUT2D eigenvalue weighted by Crippen LogP contribution is 2.27. The van der Waals surface area contributed by atoms with Crippen LogP contribution >= 0.6 is 24.0 Å². The monoisotopic (exact) mass is 465 g/mol. The largest absolute Gasteiger partial charge is 0.493 e. The Kier molecular flexibility index (Phi) is 14.3. The van der Waals surface area contributed by atoms with Crippen molar-refractivity contribution < 1.29 is 14.2 Å². The maximum atomic E-state index is 5.33. The highest BCUT2D eigenvalue weighted by molar-refractivity contribution is 14.0. The van der Waals surface area contributed by atoms with Crippen molar-refractivity contribution in [2.75, 3.05) is 47.1 Å². The third kappa shape index (κ3) is 9.74. The van der Waals surface area contributed by atoms with E-state index in [4.69, 9.17) is 14.2 Å². The molecule has 0 aromatic heterocycles. The Hall–Kier alpha value is -1.22. The molecule has 1 aromatic rings. The third-order valence-electron chi connectivity index (χ3n) is 3.43. The molecule has 0 bridgehead atoms. The maximum Gasteiger partial charge on any atom is 0.191 e. The van der Waals surface area contributed by atoms with Crippen molar-refractivity contribution in [2.45, 2.75) is 26.7 Å². The van der Waals surface area contributed by atoms with E-state index in [1.165, 1.54) is 5.56 Å². The van der Waals surface area contributed by atoms with Crippen LogP contribution in [0.4, 0.5) is 0 Å². The highest BCUT2D eigenvalue weighted by atomic mass is 127. The zero-order chi connectivity index (χ0) is 17.6. The Morgan fingerprint density at radius 2 is 1.84 bits per heavy atom. The van der Waals surface area contributed by atoms with E-state index >= 15 is 0 Å². The molecule has 0 atom stereocenters. The van der Waals surface area contributed by atoms with E-state index in [1.54, 1.807) is 14.2 Å². The summed E-state index contributed by atoms with van der Waals surface area (Å²) in [5.41, 5.74) is 1.22. The molecule has 0 fully saturated rings. The molecule has 25 heavy (non-hydrogen) atoms. The van der Waals surface area contributed by atoms with Gasteiger partial charge in [0, 0.05) is 26.2 Å². The van der Waals surface area contributed by atoms with Crippen molar-refractivity contribution in [1.29, 1.82) is 0 Å². The fourth-order valence-corrected chi connectivity index (χ4v) is 2.24. The number of aryl methyl sites for hydroxylation is 1. The van der Waals surface area contributed by atoms with Crippen molar-refractivity contribution in [3.05, 3.63) is 23.8 Å². The lowest BCUT2D eigenvalue weighted by Crippen LogP contribution is -2.39. The molecule has 7 heteroatoms. The zero-order valence-corrected chi connectivity index (χ0v) is 18.1. The molecule has 0 heterocycles. The van der Waals surface area contributed by atoms with Crippen molar-refractivity contribution in [1.82, 2.24) is 10.6 Å². The Balaban J connectivity index is 0.00000576. The number of aliphatic imine (C=N–C) groups is 1. The molecule has 6 nitrogen and oxygen atoms in total. The Bertz CT molecular complexity index is 498. The molecule has 0 saturated heterocycles. The van der Waals surface area contributed by atoms with Gasteiger partial charge in [-0.2, -0.15) is 0 Å². The molecule has 1 rings (SSSR count). The van der Waals surface area contributed by atoms with E-state index in [9.17, 15) is 0 Å². The van der Waals surface area contributed by atoms with Gasteiger partial charge in [0.25, 0.3) is 0 Å². The van der Waals surface area contributed by atoms with Gasteiger partial charge in [-0.05, 0) is 44.4 Å². The Labute approximate surface area is 168 Å². The summed E-state index contributed by atoms with van der Waals surface area (Å²) in [7, 11) is 3.30. The standard InChI is InChI=1S/C18H31N3O3.HI/c1-5-19-18(21-12-13-24-6-2)20-11-7-8-15-9-10-16(22-3)17(14-15)23-4;/h9-10,14H,5-8,11-13H2,1-4H3,(H2,19,20,21);1H. The van der Waals surface area contributed by atoms with Gasteiger partial charge in [-0.15, -0.1) is 24.0 Å². The lowest BCUT2D eigenvalue weighted by atomic mass is 10.1. The predicted octanol–water partition coefficient (Wildman–Crippen LogP) is 2.85. The van der Waals surface area contributed by atoms with Gasteiger partial charge in [-0.1, -0.05) is 6.07 Å². The fraction of sp³-hybridized carbons (Fsp3) is 0.611. The van der Waals surface area contributed by atoms with Gasteiger partial charge < -0.3 is 24.8 Å². The van der Waals surface area contributed by atoms with Gasteiger partial charge in [0.2, 0.25) is 0 Å². The van der Waals surface area contributed by atoms with E-state index in [-0.39, 0.29) is 24.0 Å². The number of rotatable bonds is 11. The molecular weight excluding hydrogens is 433 g/mol. The number of benzene rings is 1. The molecule has 0 aliphatic heterocycles. The van der Waals surface area contributed by atoms with Crippen LogP contribution in [0, 0.1) is 0 Å². The molecule has 0 aliphatic rings. The minimum absolute atomic E-state index is 0. The summed E-state index contributed by atoms with van der Waals surface area (Å²) >= 11 is 0. The van der Waals surface area contributed by atoms with E-state index in [0.29, 0.717) is 6.61 Å². The fourth-order valence-electron chi connectivity index (χ4n) is 2.24.